The van der Waals surface area contributed by atoms with E-state index in [9.17, 15) is 0 Å². The summed E-state index contributed by atoms with van der Waals surface area (Å²) >= 11 is 0. The predicted molar refractivity (Wildman–Crippen MR) is 60.5 cm³/mol. The molecule has 2 heteroatoms. The van der Waals surface area contributed by atoms with E-state index >= 15 is 0 Å². The number of nitrogens with one attached hydrogen (secondary N) is 1. The van der Waals surface area contributed by atoms with Crippen molar-refractivity contribution < 1.29 is 0 Å². The SMILES string of the molecule is CNC1CCCCN1c1ccccc1. The zero-order valence-electron chi connectivity index (χ0n) is 8.74. The first-order valence-corrected chi connectivity index (χ1v) is 5.41. The largest absolute Gasteiger partial charge is 0.356 e. The van der Waals surface area contributed by atoms with Crippen LogP contribution >= 0.6 is 0 Å². The molecule has 2 nitrogen and oxygen atoms in total. The molecule has 1 aliphatic rings. The topological polar surface area (TPSA) is 15.3 Å². The second kappa shape index (κ2) is 4.47. The van der Waals surface area contributed by atoms with Crippen LogP contribution in [-0.2, 0) is 0 Å². The third-order valence-electron chi connectivity index (χ3n) is 2.92. The Morgan fingerprint density at radius 2 is 2.00 bits per heavy atom. The van der Waals surface area contributed by atoms with E-state index in [4.69, 9.17) is 0 Å². The fourth-order valence-electron chi connectivity index (χ4n) is 2.16. The van der Waals surface area contributed by atoms with Gasteiger partial charge in [0.05, 0.1) is 6.17 Å². The van der Waals surface area contributed by atoms with Crippen LogP contribution in [0.3, 0.4) is 0 Å². The quantitative estimate of drug-likeness (QED) is 0.769. The molecule has 1 fully saturated rings. The van der Waals surface area contributed by atoms with Crippen molar-refractivity contribution in [3.8, 4) is 0 Å². The Balaban J connectivity index is 2.15. The molecule has 0 aromatic heterocycles. The maximum absolute atomic E-state index is 3.38. The van der Waals surface area contributed by atoms with Crippen LogP contribution in [0.25, 0.3) is 0 Å². The van der Waals surface area contributed by atoms with E-state index in [1.807, 2.05) is 7.05 Å². The average molecular weight is 190 g/mol. The van der Waals surface area contributed by atoms with Crippen molar-refractivity contribution in [3.05, 3.63) is 30.3 Å². The summed E-state index contributed by atoms with van der Waals surface area (Å²) in [4.78, 5) is 2.46. The second-order valence-electron chi connectivity index (χ2n) is 3.83. The molecule has 0 saturated carbocycles. The molecule has 0 amide bonds. The minimum absolute atomic E-state index is 0.520. The lowest BCUT2D eigenvalue weighted by Gasteiger charge is -2.37. The zero-order chi connectivity index (χ0) is 9.80. The molecule has 0 aliphatic carbocycles. The highest BCUT2D eigenvalue weighted by Crippen LogP contribution is 2.22. The molecule has 2 rings (SSSR count). The van der Waals surface area contributed by atoms with Gasteiger partial charge in [-0.3, -0.25) is 0 Å². The number of nitrogens with zero attached hydrogens (tertiary/aromatic N) is 1. The van der Waals surface area contributed by atoms with Crippen molar-refractivity contribution in [1.82, 2.24) is 5.32 Å². The maximum atomic E-state index is 3.38. The van der Waals surface area contributed by atoms with Crippen LogP contribution in [0.1, 0.15) is 19.3 Å². The van der Waals surface area contributed by atoms with E-state index in [1.165, 1.54) is 31.5 Å². The lowest BCUT2D eigenvalue weighted by molar-refractivity contribution is 0.418. The summed E-state index contributed by atoms with van der Waals surface area (Å²) in [6.07, 6.45) is 4.43. The first-order chi connectivity index (χ1) is 6.92. The molecular weight excluding hydrogens is 172 g/mol. The van der Waals surface area contributed by atoms with Crippen LogP contribution in [0.15, 0.2) is 30.3 Å². The third kappa shape index (κ3) is 1.90. The molecule has 0 bridgehead atoms. The van der Waals surface area contributed by atoms with Crippen LogP contribution in [0.5, 0.6) is 0 Å². The number of hydrogen-bond donors (Lipinski definition) is 1. The van der Waals surface area contributed by atoms with Gasteiger partial charge in [-0.15, -0.1) is 0 Å². The Kier molecular flexibility index (Phi) is 3.04. The predicted octanol–water partition coefficient (Wildman–Crippen LogP) is 2.22. The first-order valence-electron chi connectivity index (χ1n) is 5.41. The van der Waals surface area contributed by atoms with Gasteiger partial charge < -0.3 is 10.2 Å². The Labute approximate surface area is 85.9 Å². The average Bonchev–Trinajstić information content (AvgIpc) is 2.30. The third-order valence-corrected chi connectivity index (χ3v) is 2.92. The summed E-state index contributed by atoms with van der Waals surface area (Å²) in [6.45, 7) is 1.18. The zero-order valence-corrected chi connectivity index (χ0v) is 8.74. The highest BCUT2D eigenvalue weighted by molar-refractivity contribution is 5.47. The minimum Gasteiger partial charge on any atom is -0.356 e. The van der Waals surface area contributed by atoms with Gasteiger partial charge in [0.2, 0.25) is 0 Å². The Bertz CT molecular complexity index is 271. The van der Waals surface area contributed by atoms with E-state index in [2.05, 4.69) is 40.5 Å². The molecule has 76 valence electrons. The maximum Gasteiger partial charge on any atom is 0.0793 e. The van der Waals surface area contributed by atoms with Gasteiger partial charge in [0, 0.05) is 12.2 Å². The van der Waals surface area contributed by atoms with Crippen LogP contribution in [0, 0.1) is 0 Å². The summed E-state index contributed by atoms with van der Waals surface area (Å²) in [5, 5.41) is 3.38. The van der Waals surface area contributed by atoms with Crippen molar-refractivity contribution in [2.75, 3.05) is 18.5 Å². The number of anilines is 1. The highest BCUT2D eigenvalue weighted by Gasteiger charge is 2.20. The summed E-state index contributed by atoms with van der Waals surface area (Å²) in [6, 6.07) is 10.7. The number of piperidine rings is 1. The Morgan fingerprint density at radius 1 is 1.21 bits per heavy atom. The number of para-hydroxylation sites is 1. The summed E-state index contributed by atoms with van der Waals surface area (Å²) < 4.78 is 0. The molecule has 0 radical (unpaired) electrons. The van der Waals surface area contributed by atoms with Crippen molar-refractivity contribution in [1.29, 1.82) is 0 Å². The van der Waals surface area contributed by atoms with E-state index in [-0.39, 0.29) is 0 Å². The standard InChI is InChI=1S/C12H18N2/c1-13-12-9-5-6-10-14(12)11-7-3-2-4-8-11/h2-4,7-8,12-13H,5-6,9-10H2,1H3. The van der Waals surface area contributed by atoms with Crippen LogP contribution in [0.2, 0.25) is 0 Å². The van der Waals surface area contributed by atoms with E-state index in [1.54, 1.807) is 0 Å². The fourth-order valence-corrected chi connectivity index (χ4v) is 2.16. The molecule has 1 aromatic carbocycles. The van der Waals surface area contributed by atoms with E-state index in [0.29, 0.717) is 6.17 Å². The van der Waals surface area contributed by atoms with Gasteiger partial charge in [-0.25, -0.2) is 0 Å². The molecule has 1 aliphatic heterocycles. The molecule has 1 saturated heterocycles. The van der Waals surface area contributed by atoms with Gasteiger partial charge >= 0.3 is 0 Å². The van der Waals surface area contributed by atoms with Crippen LogP contribution in [-0.4, -0.2) is 19.8 Å². The molecule has 1 unspecified atom stereocenters. The molecular formula is C12H18N2. The molecule has 14 heavy (non-hydrogen) atoms. The van der Waals surface area contributed by atoms with Crippen molar-refractivity contribution in [3.63, 3.8) is 0 Å². The Morgan fingerprint density at radius 3 is 2.71 bits per heavy atom. The Hall–Kier alpha value is -1.02. The number of hydrogen-bond acceptors (Lipinski definition) is 2. The van der Waals surface area contributed by atoms with E-state index in [0.717, 1.165) is 0 Å². The monoisotopic (exact) mass is 190 g/mol. The lowest BCUT2D eigenvalue weighted by Crippen LogP contribution is -2.47. The van der Waals surface area contributed by atoms with Gasteiger partial charge in [-0.05, 0) is 38.4 Å². The van der Waals surface area contributed by atoms with Gasteiger partial charge in [-0.1, -0.05) is 18.2 Å². The smallest absolute Gasteiger partial charge is 0.0793 e. The fraction of sp³-hybridized carbons (Fsp3) is 0.500. The highest BCUT2D eigenvalue weighted by atomic mass is 15.3. The van der Waals surface area contributed by atoms with Crippen LogP contribution in [0.4, 0.5) is 5.69 Å². The van der Waals surface area contributed by atoms with Crippen molar-refractivity contribution in [2.45, 2.75) is 25.4 Å². The normalized spacial score (nSPS) is 22.4. The van der Waals surface area contributed by atoms with Crippen molar-refractivity contribution in [2.24, 2.45) is 0 Å². The summed E-state index contributed by atoms with van der Waals surface area (Å²) in [5.41, 5.74) is 1.34. The van der Waals surface area contributed by atoms with Gasteiger partial charge in [0.25, 0.3) is 0 Å². The lowest BCUT2D eigenvalue weighted by atomic mass is 10.1. The molecule has 1 N–H and O–H groups in total. The van der Waals surface area contributed by atoms with Gasteiger partial charge in [0.1, 0.15) is 0 Å². The van der Waals surface area contributed by atoms with Crippen molar-refractivity contribution >= 4 is 5.69 Å². The minimum atomic E-state index is 0.520. The molecule has 1 atom stereocenters. The summed E-state index contributed by atoms with van der Waals surface area (Å²) in [5.74, 6) is 0. The molecule has 1 aromatic rings. The first kappa shape index (κ1) is 9.53. The number of rotatable bonds is 2. The molecule has 0 spiro atoms. The number of benzene rings is 1. The van der Waals surface area contributed by atoms with E-state index < -0.39 is 0 Å². The second-order valence-corrected chi connectivity index (χ2v) is 3.83. The van der Waals surface area contributed by atoms with Gasteiger partial charge in [-0.2, -0.15) is 0 Å². The summed E-state index contributed by atoms with van der Waals surface area (Å²) in [7, 11) is 2.05. The molecule has 1 heterocycles. The van der Waals surface area contributed by atoms with Gasteiger partial charge in [0.15, 0.2) is 0 Å². The van der Waals surface area contributed by atoms with Crippen LogP contribution < -0.4 is 10.2 Å².